The van der Waals surface area contributed by atoms with Crippen molar-refractivity contribution in [2.24, 2.45) is 0 Å². The van der Waals surface area contributed by atoms with E-state index in [4.69, 9.17) is 17.0 Å². The van der Waals surface area contributed by atoms with Crippen molar-refractivity contribution in [3.63, 3.8) is 0 Å². The molecular formula is C10H9BO2. The highest BCUT2D eigenvalue weighted by molar-refractivity contribution is 6.31. The SMILES string of the molecule is [B]c1cc2cc(OCC)ccc2o1. The predicted molar refractivity (Wildman–Crippen MR) is 52.8 cm³/mol. The van der Waals surface area contributed by atoms with Crippen LogP contribution in [0.15, 0.2) is 28.7 Å². The first-order chi connectivity index (χ1) is 6.29. The zero-order valence-corrected chi connectivity index (χ0v) is 7.41. The number of hydrogen-bond donors (Lipinski definition) is 0. The Morgan fingerprint density at radius 3 is 3.00 bits per heavy atom. The van der Waals surface area contributed by atoms with Gasteiger partial charge in [0, 0.05) is 11.0 Å². The number of furan rings is 1. The van der Waals surface area contributed by atoms with Crippen molar-refractivity contribution in [2.45, 2.75) is 6.92 Å². The van der Waals surface area contributed by atoms with Crippen LogP contribution in [0.2, 0.25) is 0 Å². The van der Waals surface area contributed by atoms with Gasteiger partial charge in [0.05, 0.1) is 6.61 Å². The lowest BCUT2D eigenvalue weighted by Crippen LogP contribution is -1.92. The third kappa shape index (κ3) is 1.54. The van der Waals surface area contributed by atoms with Gasteiger partial charge in [0.15, 0.2) is 7.85 Å². The topological polar surface area (TPSA) is 22.4 Å². The molecule has 0 atom stereocenters. The van der Waals surface area contributed by atoms with E-state index in [1.165, 1.54) is 0 Å². The van der Waals surface area contributed by atoms with Gasteiger partial charge >= 0.3 is 0 Å². The molecule has 3 heteroatoms. The molecule has 1 heterocycles. The molecule has 0 saturated carbocycles. The average Bonchev–Trinajstić information content (AvgIpc) is 2.44. The Kier molecular flexibility index (Phi) is 2.01. The zero-order valence-electron chi connectivity index (χ0n) is 7.41. The minimum absolute atomic E-state index is 0.434. The lowest BCUT2D eigenvalue weighted by Gasteiger charge is -2.00. The molecule has 2 nitrogen and oxygen atoms in total. The lowest BCUT2D eigenvalue weighted by molar-refractivity contribution is 0.340. The molecule has 0 unspecified atom stereocenters. The van der Waals surface area contributed by atoms with E-state index in [0.717, 1.165) is 16.7 Å². The number of ether oxygens (including phenoxy) is 1. The number of benzene rings is 1. The molecule has 0 spiro atoms. The van der Waals surface area contributed by atoms with Crippen LogP contribution in [0.1, 0.15) is 6.92 Å². The fourth-order valence-electron chi connectivity index (χ4n) is 1.30. The van der Waals surface area contributed by atoms with E-state index in [1.807, 2.05) is 25.1 Å². The standard InChI is InChI=1S/C10H9BO2/c1-2-12-8-3-4-9-7(5-8)6-10(11)13-9/h3-6H,2H2,1H3. The van der Waals surface area contributed by atoms with Crippen molar-refractivity contribution in [1.29, 1.82) is 0 Å². The molecule has 0 amide bonds. The fourth-order valence-corrected chi connectivity index (χ4v) is 1.30. The summed E-state index contributed by atoms with van der Waals surface area (Å²) in [5.41, 5.74) is 1.23. The van der Waals surface area contributed by atoms with Gasteiger partial charge in [-0.25, -0.2) is 0 Å². The van der Waals surface area contributed by atoms with Crippen LogP contribution in [-0.2, 0) is 0 Å². The Morgan fingerprint density at radius 1 is 1.38 bits per heavy atom. The Labute approximate surface area is 77.9 Å². The summed E-state index contributed by atoms with van der Waals surface area (Å²) in [5.74, 6) is 0.843. The van der Waals surface area contributed by atoms with Gasteiger partial charge in [0.2, 0.25) is 0 Å². The molecule has 2 aromatic rings. The number of hydrogen-bond acceptors (Lipinski definition) is 2. The molecule has 0 aliphatic carbocycles. The van der Waals surface area contributed by atoms with Gasteiger partial charge < -0.3 is 9.15 Å². The van der Waals surface area contributed by atoms with Crippen molar-refractivity contribution in [1.82, 2.24) is 0 Å². The monoisotopic (exact) mass is 172 g/mol. The van der Waals surface area contributed by atoms with E-state index >= 15 is 0 Å². The molecule has 2 radical (unpaired) electrons. The van der Waals surface area contributed by atoms with Gasteiger partial charge in [-0.15, -0.1) is 0 Å². The van der Waals surface area contributed by atoms with Gasteiger partial charge in [-0.3, -0.25) is 0 Å². The molecule has 0 aliphatic rings. The van der Waals surface area contributed by atoms with Gasteiger partial charge in [0.25, 0.3) is 0 Å². The normalized spacial score (nSPS) is 10.5. The minimum Gasteiger partial charge on any atom is -0.494 e. The third-order valence-electron chi connectivity index (χ3n) is 1.82. The summed E-state index contributed by atoms with van der Waals surface area (Å²) in [7, 11) is 5.51. The lowest BCUT2D eigenvalue weighted by atomic mass is 10.1. The maximum atomic E-state index is 5.51. The van der Waals surface area contributed by atoms with Gasteiger partial charge in [0.1, 0.15) is 11.3 Å². The summed E-state index contributed by atoms with van der Waals surface area (Å²) < 4.78 is 10.6. The van der Waals surface area contributed by atoms with Crippen LogP contribution in [0, 0.1) is 0 Å². The second kappa shape index (κ2) is 3.17. The van der Waals surface area contributed by atoms with E-state index in [-0.39, 0.29) is 0 Å². The molecule has 2 rings (SSSR count). The van der Waals surface area contributed by atoms with Crippen LogP contribution in [0.5, 0.6) is 5.75 Å². The summed E-state index contributed by atoms with van der Waals surface area (Å²) in [6, 6.07) is 7.43. The highest BCUT2D eigenvalue weighted by Crippen LogP contribution is 2.20. The number of rotatable bonds is 2. The van der Waals surface area contributed by atoms with Crippen molar-refractivity contribution < 1.29 is 9.15 Å². The Bertz CT molecular complexity index is 420. The minimum atomic E-state index is 0.434. The van der Waals surface area contributed by atoms with Crippen molar-refractivity contribution in [3.05, 3.63) is 24.3 Å². The van der Waals surface area contributed by atoms with Crippen LogP contribution in [0.25, 0.3) is 11.0 Å². The van der Waals surface area contributed by atoms with Crippen LogP contribution in [0.4, 0.5) is 0 Å². The largest absolute Gasteiger partial charge is 0.494 e. The van der Waals surface area contributed by atoms with Crippen molar-refractivity contribution in [3.8, 4) is 5.75 Å². The fraction of sp³-hybridized carbons (Fsp3) is 0.200. The summed E-state index contributed by atoms with van der Waals surface area (Å²) in [6.07, 6.45) is 0. The van der Waals surface area contributed by atoms with E-state index in [2.05, 4.69) is 0 Å². The van der Waals surface area contributed by atoms with E-state index in [9.17, 15) is 0 Å². The second-order valence-corrected chi connectivity index (χ2v) is 2.78. The van der Waals surface area contributed by atoms with Crippen molar-refractivity contribution in [2.75, 3.05) is 6.61 Å². The first-order valence-corrected chi connectivity index (χ1v) is 4.21. The molecule has 0 fully saturated rings. The molecule has 1 aromatic heterocycles. The first kappa shape index (κ1) is 8.23. The molecule has 0 bridgehead atoms. The average molecular weight is 172 g/mol. The maximum absolute atomic E-state index is 5.51. The van der Waals surface area contributed by atoms with Gasteiger partial charge in [-0.05, 0) is 31.2 Å². The maximum Gasteiger partial charge on any atom is 0.167 e. The van der Waals surface area contributed by atoms with Crippen LogP contribution in [-0.4, -0.2) is 14.5 Å². The molecule has 13 heavy (non-hydrogen) atoms. The second-order valence-electron chi connectivity index (χ2n) is 2.78. The molecule has 0 aliphatic heterocycles. The Balaban J connectivity index is 2.48. The summed E-state index contributed by atoms with van der Waals surface area (Å²) in [4.78, 5) is 0. The highest BCUT2D eigenvalue weighted by atomic mass is 16.5. The molecule has 0 N–H and O–H groups in total. The third-order valence-corrected chi connectivity index (χ3v) is 1.82. The van der Waals surface area contributed by atoms with Crippen LogP contribution < -0.4 is 10.4 Å². The van der Waals surface area contributed by atoms with Crippen molar-refractivity contribution >= 4 is 24.5 Å². The van der Waals surface area contributed by atoms with E-state index < -0.39 is 0 Å². The predicted octanol–water partition coefficient (Wildman–Crippen LogP) is 1.63. The molecule has 0 saturated heterocycles. The Morgan fingerprint density at radius 2 is 2.23 bits per heavy atom. The smallest absolute Gasteiger partial charge is 0.167 e. The zero-order chi connectivity index (χ0) is 9.26. The summed E-state index contributed by atoms with van der Waals surface area (Å²) in [6.45, 7) is 2.62. The van der Waals surface area contributed by atoms with E-state index in [0.29, 0.717) is 12.3 Å². The van der Waals surface area contributed by atoms with Crippen LogP contribution >= 0.6 is 0 Å². The number of fused-ring (bicyclic) bond motifs is 1. The summed E-state index contributed by atoms with van der Waals surface area (Å²) >= 11 is 0. The van der Waals surface area contributed by atoms with Crippen LogP contribution in [0.3, 0.4) is 0 Å². The van der Waals surface area contributed by atoms with Gasteiger partial charge in [-0.2, -0.15) is 0 Å². The quantitative estimate of drug-likeness (QED) is 0.642. The van der Waals surface area contributed by atoms with Gasteiger partial charge in [-0.1, -0.05) is 0 Å². The summed E-state index contributed by atoms with van der Waals surface area (Å²) in [5, 5.41) is 0.975. The first-order valence-electron chi connectivity index (χ1n) is 4.21. The molecule has 64 valence electrons. The molecular weight excluding hydrogens is 163 g/mol. The van der Waals surface area contributed by atoms with E-state index in [1.54, 1.807) is 6.07 Å². The highest BCUT2D eigenvalue weighted by Gasteiger charge is 2.00. The molecule has 1 aromatic carbocycles. The Hall–Kier alpha value is -1.38.